The van der Waals surface area contributed by atoms with E-state index in [9.17, 15) is 0 Å². The molecule has 0 aromatic carbocycles. The van der Waals surface area contributed by atoms with Crippen LogP contribution in [0.15, 0.2) is 0 Å². The molecular formula is C12H26N2. The van der Waals surface area contributed by atoms with E-state index in [1.807, 2.05) is 0 Å². The Bertz CT molecular complexity index is 141. The fourth-order valence-corrected chi connectivity index (χ4v) is 2.41. The largest absolute Gasteiger partial charge is 0.311 e. The summed E-state index contributed by atoms with van der Waals surface area (Å²) in [5, 5.41) is 3.67. The van der Waals surface area contributed by atoms with Gasteiger partial charge in [-0.3, -0.25) is 0 Å². The average Bonchev–Trinajstić information content (AvgIpc) is 2.56. The maximum Gasteiger partial charge on any atom is 0.0169 e. The van der Waals surface area contributed by atoms with Crippen LogP contribution in [0.25, 0.3) is 0 Å². The average molecular weight is 198 g/mol. The number of likely N-dealkylation sites (tertiary alicyclic amines) is 1. The Morgan fingerprint density at radius 3 is 2.36 bits per heavy atom. The molecule has 0 amide bonds. The normalized spacial score (nSPS) is 22.5. The van der Waals surface area contributed by atoms with Crippen LogP contribution in [-0.4, -0.2) is 36.6 Å². The minimum Gasteiger partial charge on any atom is -0.311 e. The molecule has 2 heteroatoms. The zero-order chi connectivity index (χ0) is 10.4. The predicted octanol–water partition coefficient (Wildman–Crippen LogP) is 2.25. The number of nitrogens with one attached hydrogen (secondary N) is 1. The van der Waals surface area contributed by atoms with Crippen molar-refractivity contribution in [2.75, 3.05) is 19.6 Å². The molecule has 0 aromatic rings. The zero-order valence-electron chi connectivity index (χ0n) is 10.1. The van der Waals surface area contributed by atoms with Crippen molar-refractivity contribution in [1.29, 1.82) is 0 Å². The van der Waals surface area contributed by atoms with Crippen LogP contribution in [0, 0.1) is 0 Å². The summed E-state index contributed by atoms with van der Waals surface area (Å²) in [4.78, 5) is 2.58. The Morgan fingerprint density at radius 1 is 1.14 bits per heavy atom. The molecule has 1 N–H and O–H groups in total. The summed E-state index contributed by atoms with van der Waals surface area (Å²) in [5.41, 5.74) is 0. The minimum atomic E-state index is 0.648. The van der Waals surface area contributed by atoms with Crippen LogP contribution in [0.1, 0.15) is 46.5 Å². The number of hydrogen-bond donors (Lipinski definition) is 1. The molecule has 1 aliphatic heterocycles. The van der Waals surface area contributed by atoms with E-state index >= 15 is 0 Å². The lowest BCUT2D eigenvalue weighted by atomic mass is 10.1. The summed E-state index contributed by atoms with van der Waals surface area (Å²) in [7, 11) is 0. The third kappa shape index (κ3) is 4.43. The topological polar surface area (TPSA) is 15.3 Å². The minimum absolute atomic E-state index is 0.648. The molecule has 0 aromatic heterocycles. The Morgan fingerprint density at radius 2 is 1.79 bits per heavy atom. The van der Waals surface area contributed by atoms with Crippen LogP contribution < -0.4 is 5.32 Å². The molecule has 1 saturated heterocycles. The second kappa shape index (κ2) is 6.41. The van der Waals surface area contributed by atoms with Crippen molar-refractivity contribution in [2.24, 2.45) is 0 Å². The Kier molecular flexibility index (Phi) is 5.49. The number of rotatable bonds is 6. The van der Waals surface area contributed by atoms with Crippen LogP contribution >= 0.6 is 0 Å². The van der Waals surface area contributed by atoms with Gasteiger partial charge in [0, 0.05) is 18.6 Å². The number of nitrogens with zero attached hydrogens (tertiary/aromatic N) is 1. The molecule has 2 nitrogen and oxygen atoms in total. The van der Waals surface area contributed by atoms with E-state index in [2.05, 4.69) is 31.0 Å². The second-order valence-corrected chi connectivity index (χ2v) is 4.77. The van der Waals surface area contributed by atoms with Gasteiger partial charge < -0.3 is 10.2 Å². The standard InChI is InChI=1S/C12H26N2/c1-4-7-11(2)13-12(3)10-14-8-5-6-9-14/h11-13H,4-10H2,1-3H3. The van der Waals surface area contributed by atoms with Crippen molar-refractivity contribution in [3.05, 3.63) is 0 Å². The van der Waals surface area contributed by atoms with Gasteiger partial charge in [-0.2, -0.15) is 0 Å². The first-order valence-electron chi connectivity index (χ1n) is 6.20. The summed E-state index contributed by atoms with van der Waals surface area (Å²) in [6.07, 6.45) is 5.38. The van der Waals surface area contributed by atoms with Gasteiger partial charge in [0.1, 0.15) is 0 Å². The fourth-order valence-electron chi connectivity index (χ4n) is 2.41. The smallest absolute Gasteiger partial charge is 0.0169 e. The highest BCUT2D eigenvalue weighted by molar-refractivity contribution is 4.74. The van der Waals surface area contributed by atoms with Gasteiger partial charge in [-0.1, -0.05) is 13.3 Å². The summed E-state index contributed by atoms with van der Waals surface area (Å²) < 4.78 is 0. The van der Waals surface area contributed by atoms with E-state index in [1.54, 1.807) is 0 Å². The molecule has 2 unspecified atom stereocenters. The van der Waals surface area contributed by atoms with E-state index in [4.69, 9.17) is 0 Å². The maximum atomic E-state index is 3.67. The highest BCUT2D eigenvalue weighted by Gasteiger charge is 2.15. The molecule has 1 rings (SSSR count). The van der Waals surface area contributed by atoms with Gasteiger partial charge in [0.05, 0.1) is 0 Å². The van der Waals surface area contributed by atoms with E-state index in [0.717, 1.165) is 0 Å². The van der Waals surface area contributed by atoms with Gasteiger partial charge in [-0.25, -0.2) is 0 Å². The molecule has 0 radical (unpaired) electrons. The van der Waals surface area contributed by atoms with Gasteiger partial charge in [0.15, 0.2) is 0 Å². The van der Waals surface area contributed by atoms with Crippen molar-refractivity contribution in [3.63, 3.8) is 0 Å². The molecule has 1 aliphatic rings. The molecule has 84 valence electrons. The molecule has 0 spiro atoms. The van der Waals surface area contributed by atoms with Crippen molar-refractivity contribution >= 4 is 0 Å². The first-order chi connectivity index (χ1) is 6.72. The van der Waals surface area contributed by atoms with Crippen LogP contribution in [0.5, 0.6) is 0 Å². The molecule has 14 heavy (non-hydrogen) atoms. The Balaban J connectivity index is 2.10. The van der Waals surface area contributed by atoms with Crippen LogP contribution in [-0.2, 0) is 0 Å². The molecule has 1 fully saturated rings. The maximum absolute atomic E-state index is 3.67. The SMILES string of the molecule is CCCC(C)NC(C)CN1CCCC1. The van der Waals surface area contributed by atoms with Crippen LogP contribution in [0.4, 0.5) is 0 Å². The number of hydrogen-bond acceptors (Lipinski definition) is 2. The van der Waals surface area contributed by atoms with Gasteiger partial charge >= 0.3 is 0 Å². The molecule has 0 bridgehead atoms. The highest BCUT2D eigenvalue weighted by atomic mass is 15.2. The lowest BCUT2D eigenvalue weighted by Crippen LogP contribution is -2.42. The van der Waals surface area contributed by atoms with Gasteiger partial charge in [0.2, 0.25) is 0 Å². The molecule has 0 aliphatic carbocycles. The summed E-state index contributed by atoms with van der Waals surface area (Å²) in [5.74, 6) is 0. The van der Waals surface area contributed by atoms with Crippen molar-refractivity contribution in [1.82, 2.24) is 10.2 Å². The molecular weight excluding hydrogens is 172 g/mol. The van der Waals surface area contributed by atoms with E-state index in [1.165, 1.54) is 45.3 Å². The lowest BCUT2D eigenvalue weighted by molar-refractivity contribution is 0.285. The second-order valence-electron chi connectivity index (χ2n) is 4.77. The van der Waals surface area contributed by atoms with Crippen molar-refractivity contribution < 1.29 is 0 Å². The van der Waals surface area contributed by atoms with E-state index in [0.29, 0.717) is 12.1 Å². The van der Waals surface area contributed by atoms with E-state index < -0.39 is 0 Å². The van der Waals surface area contributed by atoms with Gasteiger partial charge in [-0.05, 0) is 46.2 Å². The predicted molar refractivity (Wildman–Crippen MR) is 62.6 cm³/mol. The molecule has 2 atom stereocenters. The van der Waals surface area contributed by atoms with Gasteiger partial charge in [0.25, 0.3) is 0 Å². The third-order valence-corrected chi connectivity index (χ3v) is 3.02. The Labute approximate surface area is 89.1 Å². The quantitative estimate of drug-likeness (QED) is 0.704. The van der Waals surface area contributed by atoms with Crippen molar-refractivity contribution in [2.45, 2.75) is 58.5 Å². The fraction of sp³-hybridized carbons (Fsp3) is 1.00. The highest BCUT2D eigenvalue weighted by Crippen LogP contribution is 2.08. The summed E-state index contributed by atoms with van der Waals surface area (Å²) >= 11 is 0. The first kappa shape index (κ1) is 12.0. The van der Waals surface area contributed by atoms with Crippen LogP contribution in [0.2, 0.25) is 0 Å². The summed E-state index contributed by atoms with van der Waals surface area (Å²) in [6, 6.07) is 1.33. The van der Waals surface area contributed by atoms with Gasteiger partial charge in [-0.15, -0.1) is 0 Å². The molecule has 1 heterocycles. The zero-order valence-corrected chi connectivity index (χ0v) is 10.1. The van der Waals surface area contributed by atoms with Crippen LogP contribution in [0.3, 0.4) is 0 Å². The lowest BCUT2D eigenvalue weighted by Gasteiger charge is -2.24. The Hall–Kier alpha value is -0.0800. The first-order valence-corrected chi connectivity index (χ1v) is 6.20. The monoisotopic (exact) mass is 198 g/mol. The van der Waals surface area contributed by atoms with E-state index in [-0.39, 0.29) is 0 Å². The molecule has 0 saturated carbocycles. The van der Waals surface area contributed by atoms with Crippen molar-refractivity contribution in [3.8, 4) is 0 Å². The third-order valence-electron chi connectivity index (χ3n) is 3.02. The summed E-state index contributed by atoms with van der Waals surface area (Å²) in [6.45, 7) is 10.7.